The van der Waals surface area contributed by atoms with Crippen LogP contribution in [-0.4, -0.2) is 74.0 Å². The van der Waals surface area contributed by atoms with Crippen LogP contribution in [0.15, 0.2) is 11.4 Å². The molecule has 0 amide bonds. The molecule has 6 nitrogen and oxygen atoms in total. The minimum Gasteiger partial charge on any atom is -0.378 e. The first-order valence-electron chi connectivity index (χ1n) is 7.03. The van der Waals surface area contributed by atoms with Gasteiger partial charge in [-0.2, -0.15) is 0 Å². The van der Waals surface area contributed by atoms with Crippen molar-refractivity contribution in [3.05, 3.63) is 11.4 Å². The highest BCUT2D eigenvalue weighted by Gasteiger charge is 2.28. The zero-order valence-corrected chi connectivity index (χ0v) is 12.2. The van der Waals surface area contributed by atoms with Crippen molar-refractivity contribution in [1.82, 2.24) is 9.80 Å². The van der Waals surface area contributed by atoms with Gasteiger partial charge in [-0.05, 0) is 13.8 Å². The third-order valence-corrected chi connectivity index (χ3v) is 3.55. The third-order valence-electron chi connectivity index (χ3n) is 3.55. The van der Waals surface area contributed by atoms with Crippen molar-refractivity contribution < 1.29 is 19.1 Å². The summed E-state index contributed by atoms with van der Waals surface area (Å²) in [4.78, 5) is 28.0. The Bertz CT molecular complexity index is 371. The van der Waals surface area contributed by atoms with Crippen molar-refractivity contribution in [2.24, 2.45) is 0 Å². The number of ketones is 2. The smallest absolute Gasteiger partial charge is 0.167 e. The van der Waals surface area contributed by atoms with E-state index in [0.717, 1.165) is 5.82 Å². The van der Waals surface area contributed by atoms with Crippen LogP contribution in [0.1, 0.15) is 13.8 Å². The zero-order valence-electron chi connectivity index (χ0n) is 12.2. The zero-order chi connectivity index (χ0) is 14.5. The van der Waals surface area contributed by atoms with Crippen LogP contribution in [0.4, 0.5) is 0 Å². The SMILES string of the molecule is CC(=O)C(C(C)=O)=C(N1CCOCC1)N1CCOCC1. The Balaban J connectivity index is 2.37. The molecule has 112 valence electrons. The normalized spacial score (nSPS) is 19.7. The predicted octanol–water partition coefficient (Wildman–Crippen LogP) is 0.0404. The number of carbonyl (C=O) groups excluding carboxylic acids is 2. The molecule has 0 aromatic carbocycles. The number of hydrogen-bond acceptors (Lipinski definition) is 6. The molecule has 0 aromatic heterocycles. The molecule has 0 bridgehead atoms. The molecule has 2 aliphatic heterocycles. The fraction of sp³-hybridized carbons (Fsp3) is 0.714. The maximum absolute atomic E-state index is 11.9. The molecule has 2 aliphatic rings. The van der Waals surface area contributed by atoms with Gasteiger partial charge < -0.3 is 19.3 Å². The van der Waals surface area contributed by atoms with E-state index in [1.54, 1.807) is 0 Å². The minimum absolute atomic E-state index is 0.175. The molecule has 2 saturated heterocycles. The van der Waals surface area contributed by atoms with Crippen molar-refractivity contribution >= 4 is 11.6 Å². The maximum atomic E-state index is 11.9. The van der Waals surface area contributed by atoms with Crippen molar-refractivity contribution in [3.63, 3.8) is 0 Å². The Labute approximate surface area is 119 Å². The molecule has 2 rings (SSSR count). The molecule has 0 radical (unpaired) electrons. The molecule has 0 spiro atoms. The summed E-state index contributed by atoms with van der Waals surface area (Å²) in [6.45, 7) is 8.22. The lowest BCUT2D eigenvalue weighted by atomic mass is 10.1. The standard InChI is InChI=1S/C14H22N2O4/c1-11(17)13(12(2)18)14(15-3-7-19-8-4-15)16-5-9-20-10-6-16/h3-10H2,1-2H3. The van der Waals surface area contributed by atoms with Gasteiger partial charge >= 0.3 is 0 Å². The number of Topliss-reactive ketones (excluding diaryl/α,β-unsaturated/α-hetero) is 2. The van der Waals surface area contributed by atoms with E-state index in [1.165, 1.54) is 13.8 Å². The van der Waals surface area contributed by atoms with Gasteiger partial charge in [-0.25, -0.2) is 0 Å². The first-order valence-corrected chi connectivity index (χ1v) is 7.03. The molecule has 0 aromatic rings. The predicted molar refractivity (Wildman–Crippen MR) is 73.2 cm³/mol. The average Bonchev–Trinajstić information content (AvgIpc) is 2.45. The van der Waals surface area contributed by atoms with Gasteiger partial charge in [0.2, 0.25) is 0 Å². The van der Waals surface area contributed by atoms with Crippen LogP contribution in [0.25, 0.3) is 0 Å². The van der Waals surface area contributed by atoms with E-state index in [1.807, 2.05) is 0 Å². The Morgan fingerprint density at radius 2 is 1.10 bits per heavy atom. The lowest BCUT2D eigenvalue weighted by molar-refractivity contribution is -0.120. The molecule has 2 fully saturated rings. The van der Waals surface area contributed by atoms with Gasteiger partial charge in [-0.3, -0.25) is 9.59 Å². The minimum atomic E-state index is -0.175. The van der Waals surface area contributed by atoms with Gasteiger partial charge in [0, 0.05) is 26.2 Å². The van der Waals surface area contributed by atoms with Crippen LogP contribution >= 0.6 is 0 Å². The summed E-state index contributed by atoms with van der Waals surface area (Å²) >= 11 is 0. The Morgan fingerprint density at radius 3 is 1.40 bits per heavy atom. The van der Waals surface area contributed by atoms with E-state index in [2.05, 4.69) is 9.80 Å². The molecule has 6 heteroatoms. The topological polar surface area (TPSA) is 59.1 Å². The summed E-state index contributed by atoms with van der Waals surface area (Å²) in [6.07, 6.45) is 0. The van der Waals surface area contributed by atoms with Gasteiger partial charge in [0.05, 0.1) is 26.4 Å². The number of allylic oxidation sites excluding steroid dienone is 1. The van der Waals surface area contributed by atoms with Crippen LogP contribution in [0, 0.1) is 0 Å². The highest BCUT2D eigenvalue weighted by atomic mass is 16.5. The average molecular weight is 282 g/mol. The molecule has 2 heterocycles. The molecule has 0 atom stereocenters. The molecular weight excluding hydrogens is 260 g/mol. The lowest BCUT2D eigenvalue weighted by Crippen LogP contribution is -2.47. The Hall–Kier alpha value is -1.40. The van der Waals surface area contributed by atoms with E-state index in [-0.39, 0.29) is 11.6 Å². The Kier molecular flexibility index (Phi) is 5.14. The second kappa shape index (κ2) is 6.85. The molecule has 20 heavy (non-hydrogen) atoms. The van der Waals surface area contributed by atoms with Crippen molar-refractivity contribution in [1.29, 1.82) is 0 Å². The first kappa shape index (κ1) is 15.0. The summed E-state index contributed by atoms with van der Waals surface area (Å²) in [6, 6.07) is 0. The quantitative estimate of drug-likeness (QED) is 0.412. The molecule has 0 N–H and O–H groups in total. The largest absolute Gasteiger partial charge is 0.378 e. The number of rotatable bonds is 4. The van der Waals surface area contributed by atoms with E-state index in [0.29, 0.717) is 58.2 Å². The molecule has 0 saturated carbocycles. The van der Waals surface area contributed by atoms with Gasteiger partial charge in [0.15, 0.2) is 11.6 Å². The summed E-state index contributed by atoms with van der Waals surface area (Å²) < 4.78 is 10.7. The molecular formula is C14H22N2O4. The number of nitrogens with zero attached hydrogens (tertiary/aromatic N) is 2. The number of morpholine rings is 2. The highest BCUT2D eigenvalue weighted by molar-refractivity contribution is 6.18. The molecule has 0 unspecified atom stereocenters. The van der Waals surface area contributed by atoms with Gasteiger partial charge in [0.25, 0.3) is 0 Å². The number of carbonyl (C=O) groups is 2. The summed E-state index contributed by atoms with van der Waals surface area (Å²) in [5.41, 5.74) is 0.300. The van der Waals surface area contributed by atoms with E-state index >= 15 is 0 Å². The van der Waals surface area contributed by atoms with Crippen LogP contribution in [-0.2, 0) is 19.1 Å². The summed E-state index contributed by atoms with van der Waals surface area (Å²) in [5.74, 6) is 0.410. The van der Waals surface area contributed by atoms with Gasteiger partial charge in [0.1, 0.15) is 11.4 Å². The molecule has 0 aliphatic carbocycles. The monoisotopic (exact) mass is 282 g/mol. The van der Waals surface area contributed by atoms with Crippen molar-refractivity contribution in [2.75, 3.05) is 52.6 Å². The first-order chi connectivity index (χ1) is 9.61. The van der Waals surface area contributed by atoms with Gasteiger partial charge in [-0.15, -0.1) is 0 Å². The third kappa shape index (κ3) is 3.37. The fourth-order valence-corrected chi connectivity index (χ4v) is 2.63. The van der Waals surface area contributed by atoms with Crippen LogP contribution in [0.5, 0.6) is 0 Å². The number of ether oxygens (including phenoxy) is 2. The van der Waals surface area contributed by atoms with Gasteiger partial charge in [-0.1, -0.05) is 0 Å². The lowest BCUT2D eigenvalue weighted by Gasteiger charge is -2.40. The fourth-order valence-electron chi connectivity index (χ4n) is 2.63. The second-order valence-corrected chi connectivity index (χ2v) is 5.01. The maximum Gasteiger partial charge on any atom is 0.167 e. The van der Waals surface area contributed by atoms with E-state index in [4.69, 9.17) is 9.47 Å². The van der Waals surface area contributed by atoms with Crippen LogP contribution in [0.2, 0.25) is 0 Å². The van der Waals surface area contributed by atoms with E-state index < -0.39 is 0 Å². The summed E-state index contributed by atoms with van der Waals surface area (Å²) in [7, 11) is 0. The van der Waals surface area contributed by atoms with Crippen LogP contribution < -0.4 is 0 Å². The van der Waals surface area contributed by atoms with E-state index in [9.17, 15) is 9.59 Å². The Morgan fingerprint density at radius 1 is 0.750 bits per heavy atom. The second-order valence-electron chi connectivity index (χ2n) is 5.01. The number of hydrogen-bond donors (Lipinski definition) is 0. The summed E-state index contributed by atoms with van der Waals surface area (Å²) in [5, 5.41) is 0. The van der Waals surface area contributed by atoms with Crippen molar-refractivity contribution in [2.45, 2.75) is 13.8 Å². The van der Waals surface area contributed by atoms with Crippen molar-refractivity contribution in [3.8, 4) is 0 Å². The highest BCUT2D eigenvalue weighted by Crippen LogP contribution is 2.20. The van der Waals surface area contributed by atoms with Crippen LogP contribution in [0.3, 0.4) is 0 Å².